The number of ether oxygens (including phenoxy) is 1. The molecule has 0 saturated carbocycles. The lowest BCUT2D eigenvalue weighted by Crippen LogP contribution is -2.29. The number of hydrogen-bond acceptors (Lipinski definition) is 7. The summed E-state index contributed by atoms with van der Waals surface area (Å²) in [7, 11) is 3.01. The van der Waals surface area contributed by atoms with Crippen LogP contribution in [0.1, 0.15) is 35.7 Å². The number of ketones is 1. The number of rotatable bonds is 9. The molecule has 0 atom stereocenters. The van der Waals surface area contributed by atoms with Gasteiger partial charge in [-0.25, -0.2) is 18.6 Å². The van der Waals surface area contributed by atoms with E-state index in [1.54, 1.807) is 0 Å². The number of carbonyl (C=O) groups is 2. The molecule has 0 aliphatic heterocycles. The zero-order chi connectivity index (χ0) is 21.6. The van der Waals surface area contributed by atoms with Gasteiger partial charge in [-0.1, -0.05) is 13.3 Å². The largest absolute Gasteiger partial charge is 0.462 e. The van der Waals surface area contributed by atoms with Gasteiger partial charge in [0, 0.05) is 25.9 Å². The van der Waals surface area contributed by atoms with Crippen LogP contribution in [0.4, 0.5) is 18.9 Å². The summed E-state index contributed by atoms with van der Waals surface area (Å²) in [5.41, 5.74) is -2.32. The minimum absolute atomic E-state index is 0.0523. The Bertz CT molecular complexity index is 825. The molecule has 0 spiro atoms. The van der Waals surface area contributed by atoms with Crippen molar-refractivity contribution in [3.63, 3.8) is 0 Å². The molecule has 28 heavy (non-hydrogen) atoms. The summed E-state index contributed by atoms with van der Waals surface area (Å²) in [5.74, 6) is -8.12. The van der Waals surface area contributed by atoms with Crippen LogP contribution in [0.15, 0.2) is 11.8 Å². The molecule has 0 saturated heterocycles. The maximum absolute atomic E-state index is 14.5. The highest BCUT2D eigenvalue weighted by Crippen LogP contribution is 2.32. The Kier molecular flexibility index (Phi) is 8.11. The maximum Gasteiger partial charge on any atom is 0.343 e. The van der Waals surface area contributed by atoms with Crippen LogP contribution in [0.25, 0.3) is 0 Å². The first-order valence-electron chi connectivity index (χ1n) is 8.21. The van der Waals surface area contributed by atoms with Crippen LogP contribution in [0, 0.1) is 34.5 Å². The van der Waals surface area contributed by atoms with Gasteiger partial charge in [-0.2, -0.15) is 4.39 Å². The number of unbranched alkanes of at least 4 members (excludes halogenated alkanes) is 1. The van der Waals surface area contributed by atoms with Gasteiger partial charge in [0.15, 0.2) is 5.82 Å². The third-order valence-corrected chi connectivity index (χ3v) is 3.59. The van der Waals surface area contributed by atoms with Crippen molar-refractivity contribution in [1.82, 2.24) is 10.4 Å². The first-order valence-corrected chi connectivity index (χ1v) is 8.21. The number of carbonyl (C=O) groups excluding carboxylic acids is 2. The van der Waals surface area contributed by atoms with Crippen molar-refractivity contribution >= 4 is 17.4 Å². The molecule has 1 rings (SSSR count). The first-order chi connectivity index (χ1) is 13.0. The van der Waals surface area contributed by atoms with E-state index >= 15 is 0 Å². The molecule has 154 valence electrons. The average Bonchev–Trinajstić information content (AvgIpc) is 2.62. The lowest BCUT2D eigenvalue weighted by molar-refractivity contribution is -0.388. The predicted octanol–water partition coefficient (Wildman–Crippen LogP) is 2.80. The molecule has 0 heterocycles. The maximum atomic E-state index is 14.5. The van der Waals surface area contributed by atoms with Crippen LogP contribution >= 0.6 is 0 Å². The monoisotopic (exact) mass is 403 g/mol. The molecule has 0 aliphatic carbocycles. The van der Waals surface area contributed by atoms with Gasteiger partial charge in [-0.15, -0.1) is 0 Å². The third-order valence-electron chi connectivity index (χ3n) is 3.59. The van der Waals surface area contributed by atoms with E-state index in [0.717, 1.165) is 13.1 Å². The predicted molar refractivity (Wildman–Crippen MR) is 92.8 cm³/mol. The van der Waals surface area contributed by atoms with Crippen LogP contribution in [-0.2, 0) is 9.53 Å². The highest BCUT2D eigenvalue weighted by atomic mass is 19.2. The molecule has 1 aromatic rings. The normalized spacial score (nSPS) is 11.5. The standard InChI is InChI=1S/C17H20F3N3O5/c1-5-6-7-28-17(25)10(8-21-22(3)4)16(24)11-12(18)9(2)13(19)14(20)15(11)23(26)27/h8,21H,5-7H2,1-4H3/b10-8+. The average molecular weight is 403 g/mol. The van der Waals surface area contributed by atoms with Crippen LogP contribution in [0.3, 0.4) is 0 Å². The van der Waals surface area contributed by atoms with Crippen molar-refractivity contribution in [1.29, 1.82) is 0 Å². The summed E-state index contributed by atoms with van der Waals surface area (Å²) < 4.78 is 47.2. The van der Waals surface area contributed by atoms with Crippen molar-refractivity contribution in [2.45, 2.75) is 26.7 Å². The van der Waals surface area contributed by atoms with Gasteiger partial charge in [-0.05, 0) is 13.3 Å². The molecule has 0 unspecified atom stereocenters. The topological polar surface area (TPSA) is 102 Å². The van der Waals surface area contributed by atoms with E-state index in [-0.39, 0.29) is 6.61 Å². The lowest BCUT2D eigenvalue weighted by Gasteiger charge is -2.13. The molecule has 0 aliphatic rings. The number of benzene rings is 1. The van der Waals surface area contributed by atoms with Crippen molar-refractivity contribution in [3.05, 3.63) is 50.5 Å². The van der Waals surface area contributed by atoms with Crippen LogP contribution < -0.4 is 5.43 Å². The summed E-state index contributed by atoms with van der Waals surface area (Å²) in [6.45, 7) is 2.59. The first kappa shape index (κ1) is 23.1. The second-order valence-electron chi connectivity index (χ2n) is 5.95. The summed E-state index contributed by atoms with van der Waals surface area (Å²) >= 11 is 0. The van der Waals surface area contributed by atoms with E-state index < -0.39 is 56.5 Å². The zero-order valence-corrected chi connectivity index (χ0v) is 15.8. The van der Waals surface area contributed by atoms with Gasteiger partial charge in [-0.3, -0.25) is 14.9 Å². The Morgan fingerprint density at radius 1 is 1.21 bits per heavy atom. The number of nitrogens with zero attached hydrogens (tertiary/aromatic N) is 2. The molecule has 1 aromatic carbocycles. The van der Waals surface area contributed by atoms with Gasteiger partial charge in [0.05, 0.1) is 11.5 Å². The minimum Gasteiger partial charge on any atom is -0.462 e. The van der Waals surface area contributed by atoms with Crippen molar-refractivity contribution in [3.8, 4) is 0 Å². The SMILES string of the molecule is CCCCOC(=O)/C(=C/NN(C)C)C(=O)c1c(F)c(C)c(F)c(F)c1[N+](=O)[O-]. The molecule has 0 bridgehead atoms. The highest BCUT2D eigenvalue weighted by molar-refractivity contribution is 6.25. The van der Waals surface area contributed by atoms with Gasteiger partial charge < -0.3 is 10.2 Å². The molecule has 1 N–H and O–H groups in total. The van der Waals surface area contributed by atoms with E-state index in [9.17, 15) is 32.9 Å². The smallest absolute Gasteiger partial charge is 0.343 e. The fourth-order valence-electron chi connectivity index (χ4n) is 2.08. The zero-order valence-electron chi connectivity index (χ0n) is 15.8. The summed E-state index contributed by atoms with van der Waals surface area (Å²) in [5, 5.41) is 12.5. The molecule has 0 radical (unpaired) electrons. The van der Waals surface area contributed by atoms with Crippen LogP contribution in [-0.4, -0.2) is 42.4 Å². The van der Waals surface area contributed by atoms with E-state index in [4.69, 9.17) is 4.74 Å². The van der Waals surface area contributed by atoms with E-state index in [2.05, 4.69) is 5.43 Å². The van der Waals surface area contributed by atoms with Gasteiger partial charge in [0.2, 0.25) is 11.6 Å². The fraction of sp³-hybridized carbons (Fsp3) is 0.412. The van der Waals surface area contributed by atoms with Gasteiger partial charge in [0.1, 0.15) is 17.0 Å². The number of halogens is 3. The fourth-order valence-corrected chi connectivity index (χ4v) is 2.08. The number of hydrogen-bond donors (Lipinski definition) is 1. The Balaban J connectivity index is 3.57. The molecular weight excluding hydrogens is 383 g/mol. The quantitative estimate of drug-likeness (QED) is 0.0779. The Morgan fingerprint density at radius 3 is 2.32 bits per heavy atom. The van der Waals surface area contributed by atoms with E-state index in [1.807, 2.05) is 6.92 Å². The Hall–Kier alpha value is -2.95. The minimum atomic E-state index is -1.99. The third kappa shape index (κ3) is 5.06. The number of nitro groups is 1. The van der Waals surface area contributed by atoms with Gasteiger partial charge >= 0.3 is 11.7 Å². The van der Waals surface area contributed by atoms with E-state index in [0.29, 0.717) is 12.8 Å². The number of Topliss-reactive ketones (excluding diaryl/α,β-unsaturated/α-hetero) is 1. The summed E-state index contributed by atoms with van der Waals surface area (Å²) in [6.07, 6.45) is 2.00. The molecule has 0 aromatic heterocycles. The van der Waals surface area contributed by atoms with E-state index in [1.165, 1.54) is 19.1 Å². The molecule has 0 amide bonds. The molecular formula is C17H20F3N3O5. The lowest BCUT2D eigenvalue weighted by atomic mass is 9.98. The highest BCUT2D eigenvalue weighted by Gasteiger charge is 2.37. The molecule has 8 nitrogen and oxygen atoms in total. The van der Waals surface area contributed by atoms with Crippen molar-refractivity contribution < 1.29 is 32.4 Å². The number of nitrogens with one attached hydrogen (secondary N) is 1. The van der Waals surface area contributed by atoms with Crippen molar-refractivity contribution in [2.75, 3.05) is 20.7 Å². The van der Waals surface area contributed by atoms with Gasteiger partial charge in [0.25, 0.3) is 0 Å². The number of hydrazine groups is 1. The molecule has 0 fully saturated rings. The Morgan fingerprint density at radius 2 is 1.82 bits per heavy atom. The number of nitro benzene ring substituents is 1. The summed E-state index contributed by atoms with van der Waals surface area (Å²) in [6, 6.07) is 0. The van der Waals surface area contributed by atoms with Crippen molar-refractivity contribution in [2.24, 2.45) is 0 Å². The Labute approximate surface area is 159 Å². The summed E-state index contributed by atoms with van der Waals surface area (Å²) in [4.78, 5) is 34.7. The second kappa shape index (κ2) is 9.83. The van der Waals surface area contributed by atoms with Crippen LogP contribution in [0.5, 0.6) is 0 Å². The second-order valence-corrected chi connectivity index (χ2v) is 5.95. The van der Waals surface area contributed by atoms with Crippen LogP contribution in [0.2, 0.25) is 0 Å². The molecule has 11 heteroatoms. The number of esters is 1.